The minimum absolute atomic E-state index is 0.350. The number of hydroxylamine groups is 1. The molecule has 0 saturated heterocycles. The van der Waals surface area contributed by atoms with Gasteiger partial charge in [-0.15, -0.1) is 17.0 Å². The smallest absolute Gasteiger partial charge is 0.155 e. The van der Waals surface area contributed by atoms with Crippen molar-refractivity contribution in [1.82, 2.24) is 5.43 Å². The van der Waals surface area contributed by atoms with Gasteiger partial charge < -0.3 is 9.47 Å². The molecule has 0 bridgehead atoms. The predicted molar refractivity (Wildman–Crippen MR) is 166 cm³/mol. The van der Waals surface area contributed by atoms with E-state index in [1.165, 1.54) is 30.4 Å². The first-order valence-electron chi connectivity index (χ1n) is 13.4. The average Bonchev–Trinajstić information content (AvgIpc) is 2.90. The number of halogens is 2. The lowest BCUT2D eigenvalue weighted by molar-refractivity contribution is -1.01. The van der Waals surface area contributed by atoms with Crippen molar-refractivity contribution in [2.45, 2.75) is 71.8 Å². The fourth-order valence-electron chi connectivity index (χ4n) is 4.14. The quantitative estimate of drug-likeness (QED) is 0.117. The van der Waals surface area contributed by atoms with E-state index in [0.717, 1.165) is 37.0 Å². The Balaban J connectivity index is 0.000000299. The number of ether oxygens (including phenoxy) is 2. The van der Waals surface area contributed by atoms with Gasteiger partial charge in [-0.05, 0) is 74.1 Å². The zero-order chi connectivity index (χ0) is 29.3. The molecule has 2 aromatic rings. The fourth-order valence-corrected chi connectivity index (χ4v) is 4.67. The van der Waals surface area contributed by atoms with E-state index in [4.69, 9.17) is 37.9 Å². The molecular formula is C30H44Cl2N3O3S+. The molecule has 1 aliphatic carbocycles. The monoisotopic (exact) mass is 596 g/mol. The van der Waals surface area contributed by atoms with Gasteiger partial charge in [-0.3, -0.25) is 0 Å². The second-order valence-electron chi connectivity index (χ2n) is 9.45. The van der Waals surface area contributed by atoms with Crippen LogP contribution in [0.5, 0.6) is 11.5 Å². The van der Waals surface area contributed by atoms with Crippen LogP contribution in [-0.2, 0) is 6.42 Å². The average molecular weight is 598 g/mol. The number of hydrogen-bond acceptors (Lipinski definition) is 6. The standard InChI is InChI=1S/C12H13Cl2NO.C11H14O.C7H17N2OS/c1-2-3-9-6-10(8-15)12(11(14)7-9)16-5-4-13;1-4-5-10-8-11(12-3)7-6-9(10)2;1-9(10,11)8-7-5-3-2-4-6-7/h6-7H,2-5H2,1H3;4-8H,1-3H3;7-8,10-11H,2-6H2,1H3/q;;+1/b;5-4-;. The molecule has 1 aliphatic rings. The number of alkyl halides is 1. The van der Waals surface area contributed by atoms with E-state index in [2.05, 4.69) is 50.3 Å². The molecule has 216 valence electrons. The molecule has 1 fully saturated rings. The molecule has 3 rings (SSSR count). The highest BCUT2D eigenvalue weighted by Gasteiger charge is 2.22. The molecule has 0 spiro atoms. The molecule has 0 heterocycles. The van der Waals surface area contributed by atoms with Crippen molar-refractivity contribution >= 4 is 42.1 Å². The number of methoxy groups -OCH3 is 1. The maximum absolute atomic E-state index is 9.26. The number of nitrogens with zero attached hydrogens (tertiary/aromatic N) is 2. The van der Waals surface area contributed by atoms with E-state index in [9.17, 15) is 5.21 Å². The number of thiol groups is 1. The number of allylic oxidation sites excluding steroid dienone is 1. The van der Waals surface area contributed by atoms with Crippen molar-refractivity contribution in [1.29, 1.82) is 5.26 Å². The molecule has 0 aliphatic heterocycles. The summed E-state index contributed by atoms with van der Waals surface area (Å²) in [7, 11) is 3.29. The van der Waals surface area contributed by atoms with E-state index in [1.807, 2.05) is 37.3 Å². The summed E-state index contributed by atoms with van der Waals surface area (Å²) < 4.78 is 10.1. The first-order valence-corrected chi connectivity index (χ1v) is 14.7. The lowest BCUT2D eigenvalue weighted by Gasteiger charge is -2.27. The number of quaternary nitrogens is 1. The molecular weight excluding hydrogens is 553 g/mol. The number of nitriles is 1. The topological polar surface area (TPSA) is 74.5 Å². The molecule has 1 unspecified atom stereocenters. The molecule has 1 saturated carbocycles. The molecule has 2 aromatic carbocycles. The maximum Gasteiger partial charge on any atom is 0.155 e. The first kappa shape index (κ1) is 35.1. The number of aryl methyl sites for hydroxylation is 2. The summed E-state index contributed by atoms with van der Waals surface area (Å²) in [6.07, 6.45) is 12.2. The van der Waals surface area contributed by atoms with Gasteiger partial charge in [-0.1, -0.05) is 66.6 Å². The fraction of sp³-hybridized carbons (Fsp3) is 0.500. The van der Waals surface area contributed by atoms with Crippen molar-refractivity contribution in [3.05, 3.63) is 63.7 Å². The SMILES string of the molecule is C/C=C\c1cc(OC)ccc1C.CCCc1cc(Cl)c(OCCCl)c(C#N)c1.C[N+](O)(S)NC1CCCCC1. The van der Waals surface area contributed by atoms with Crippen LogP contribution in [0.1, 0.15) is 74.6 Å². The maximum atomic E-state index is 9.26. The lowest BCUT2D eigenvalue weighted by atomic mass is 9.96. The Bertz CT molecular complexity index is 1060. The Morgan fingerprint density at radius 2 is 1.92 bits per heavy atom. The van der Waals surface area contributed by atoms with Gasteiger partial charge in [0.1, 0.15) is 38.3 Å². The summed E-state index contributed by atoms with van der Waals surface area (Å²) in [6.45, 7) is 6.54. The van der Waals surface area contributed by atoms with Crippen LogP contribution < -0.4 is 14.9 Å². The molecule has 2 N–H and O–H groups in total. The van der Waals surface area contributed by atoms with Gasteiger partial charge in [0.2, 0.25) is 0 Å². The highest BCUT2D eigenvalue weighted by Crippen LogP contribution is 2.30. The summed E-state index contributed by atoms with van der Waals surface area (Å²) in [5.41, 5.74) is 7.04. The van der Waals surface area contributed by atoms with E-state index >= 15 is 0 Å². The minimum Gasteiger partial charge on any atom is -0.497 e. The van der Waals surface area contributed by atoms with Crippen LogP contribution in [0.25, 0.3) is 6.08 Å². The van der Waals surface area contributed by atoms with Crippen LogP contribution in [0, 0.1) is 18.3 Å². The van der Waals surface area contributed by atoms with Crippen LogP contribution >= 0.6 is 36.0 Å². The second-order valence-corrected chi connectivity index (χ2v) is 11.0. The van der Waals surface area contributed by atoms with Gasteiger partial charge in [0.05, 0.1) is 29.6 Å². The van der Waals surface area contributed by atoms with E-state index in [0.29, 0.717) is 34.9 Å². The van der Waals surface area contributed by atoms with E-state index in [-0.39, 0.29) is 0 Å². The van der Waals surface area contributed by atoms with Crippen LogP contribution in [0.4, 0.5) is 0 Å². The summed E-state index contributed by atoms with van der Waals surface area (Å²) in [6, 6.07) is 12.3. The van der Waals surface area contributed by atoms with E-state index in [1.54, 1.807) is 14.2 Å². The van der Waals surface area contributed by atoms with Crippen molar-refractivity contribution in [2.24, 2.45) is 0 Å². The first-order chi connectivity index (χ1) is 18.6. The van der Waals surface area contributed by atoms with Crippen molar-refractivity contribution in [3.8, 4) is 17.6 Å². The Kier molecular flexibility index (Phi) is 17.3. The number of benzene rings is 2. The lowest BCUT2D eigenvalue weighted by Crippen LogP contribution is -2.50. The van der Waals surface area contributed by atoms with Gasteiger partial charge >= 0.3 is 0 Å². The van der Waals surface area contributed by atoms with Gasteiger partial charge in [0, 0.05) is 0 Å². The molecule has 1 atom stereocenters. The Morgan fingerprint density at radius 3 is 2.46 bits per heavy atom. The zero-order valence-electron chi connectivity index (χ0n) is 23.8. The van der Waals surface area contributed by atoms with Crippen LogP contribution in [0.15, 0.2) is 36.4 Å². The zero-order valence-corrected chi connectivity index (χ0v) is 26.3. The van der Waals surface area contributed by atoms with Gasteiger partial charge in [-0.2, -0.15) is 10.5 Å². The number of nitrogens with one attached hydrogen (secondary N) is 1. The molecule has 39 heavy (non-hydrogen) atoms. The van der Waals surface area contributed by atoms with Crippen molar-refractivity contribution in [2.75, 3.05) is 26.6 Å². The van der Waals surface area contributed by atoms with Crippen LogP contribution in [0.3, 0.4) is 0 Å². The minimum atomic E-state index is -0.412. The molecule has 0 aromatic heterocycles. The van der Waals surface area contributed by atoms with Gasteiger partial charge in [-0.25, -0.2) is 0 Å². The Labute approximate surface area is 250 Å². The van der Waals surface area contributed by atoms with Crippen LogP contribution in [0.2, 0.25) is 5.02 Å². The third-order valence-electron chi connectivity index (χ3n) is 5.95. The number of rotatable bonds is 9. The van der Waals surface area contributed by atoms with Gasteiger partial charge in [0.25, 0.3) is 0 Å². The van der Waals surface area contributed by atoms with Gasteiger partial charge in [0.15, 0.2) is 5.75 Å². The molecule has 0 amide bonds. The van der Waals surface area contributed by atoms with Crippen molar-refractivity contribution < 1.29 is 18.8 Å². The summed E-state index contributed by atoms with van der Waals surface area (Å²) >= 11 is 15.5. The summed E-state index contributed by atoms with van der Waals surface area (Å²) in [5, 5.41) is 18.8. The largest absolute Gasteiger partial charge is 0.497 e. The highest BCUT2D eigenvalue weighted by atomic mass is 35.5. The second kappa shape index (κ2) is 19.2. The summed E-state index contributed by atoms with van der Waals surface area (Å²) in [5.74, 6) is 1.72. The summed E-state index contributed by atoms with van der Waals surface area (Å²) in [4.78, 5) is 0. The Morgan fingerprint density at radius 1 is 1.23 bits per heavy atom. The van der Waals surface area contributed by atoms with E-state index < -0.39 is 4.16 Å². The molecule has 6 nitrogen and oxygen atoms in total. The number of hydrogen-bond donors (Lipinski definition) is 3. The third kappa shape index (κ3) is 14.3. The molecule has 0 radical (unpaired) electrons. The van der Waals surface area contributed by atoms with Crippen LogP contribution in [-0.4, -0.2) is 42.1 Å². The Hall–Kier alpha value is -1.92. The normalized spacial score (nSPS) is 14.8. The van der Waals surface area contributed by atoms with Crippen molar-refractivity contribution in [3.63, 3.8) is 0 Å². The predicted octanol–water partition coefficient (Wildman–Crippen LogP) is 8.32. The molecule has 9 heteroatoms. The third-order valence-corrected chi connectivity index (χ3v) is 6.50. The highest BCUT2D eigenvalue weighted by molar-refractivity contribution is 7.74.